The monoisotopic (exact) mass is 604 g/mol. The van der Waals surface area contributed by atoms with Gasteiger partial charge >= 0.3 is 11.9 Å². The third-order valence-electron chi connectivity index (χ3n) is 8.58. The summed E-state index contributed by atoms with van der Waals surface area (Å²) in [6.07, 6.45) is 0.217. The topological polar surface area (TPSA) is 90.1 Å². The van der Waals surface area contributed by atoms with E-state index in [0.29, 0.717) is 5.82 Å². The molecule has 0 saturated carbocycles. The van der Waals surface area contributed by atoms with Gasteiger partial charge < -0.3 is 19.6 Å². The third-order valence-corrected chi connectivity index (χ3v) is 8.58. The quantitative estimate of drug-likeness (QED) is 0.219. The molecule has 0 radical (unpaired) electrons. The molecule has 1 atom stereocenters. The normalized spacial score (nSPS) is 19.0. The number of hydrogen-bond acceptors (Lipinski definition) is 6. The number of aromatic nitrogens is 4. The fourth-order valence-electron chi connectivity index (χ4n) is 6.55. The van der Waals surface area contributed by atoms with Crippen LogP contribution in [0.4, 0.5) is 23.4 Å². The molecule has 1 spiro atoms. The maximum atomic E-state index is 14.3. The minimum absolute atomic E-state index is 0.0149. The first kappa shape index (κ1) is 28.1. The number of imidazole rings is 1. The summed E-state index contributed by atoms with van der Waals surface area (Å²) in [5, 5.41) is 0. The van der Waals surface area contributed by atoms with Gasteiger partial charge in [0.05, 0.1) is 22.8 Å². The van der Waals surface area contributed by atoms with Crippen molar-refractivity contribution in [1.29, 1.82) is 0 Å². The Kier molecular flexibility index (Phi) is 6.88. The number of ether oxygens (including phenoxy) is 1. The largest absolute Gasteiger partial charge is 0.451 e. The molecule has 0 bridgehead atoms. The van der Waals surface area contributed by atoms with Crippen LogP contribution in [0.3, 0.4) is 0 Å². The van der Waals surface area contributed by atoms with Crippen LogP contribution in [0.15, 0.2) is 78.0 Å². The minimum atomic E-state index is -4.63. The fourth-order valence-corrected chi connectivity index (χ4v) is 6.55. The average Bonchev–Trinajstić information content (AvgIpc) is 3.71. The maximum Gasteiger partial charge on any atom is 0.417 e. The third kappa shape index (κ3) is 5.41. The van der Waals surface area contributed by atoms with Gasteiger partial charge in [-0.05, 0) is 66.9 Å². The second-order valence-electron chi connectivity index (χ2n) is 11.6. The number of anilines is 1. The van der Waals surface area contributed by atoms with Gasteiger partial charge in [-0.1, -0.05) is 24.3 Å². The standard InChI is InChI=1S/C32H28F4N6O2/c33-21-6-8-27(23(14-21)22-3-1-2-4-24(22)32(34,35)36)44-28-15-37-19-38-29(28)42-12-10-31(18-42)9-11-41(17-31)16-20-5-7-25-26(13-20)40-30(43)39-25/h1-8,13-15,19H,9-12,16-18H2,(H2,39,40,43). The molecule has 1 unspecified atom stereocenters. The lowest BCUT2D eigenvalue weighted by molar-refractivity contribution is -0.137. The van der Waals surface area contributed by atoms with E-state index in [0.717, 1.165) is 80.4 Å². The van der Waals surface area contributed by atoms with E-state index < -0.39 is 17.6 Å². The second kappa shape index (κ2) is 10.8. The second-order valence-corrected chi connectivity index (χ2v) is 11.6. The van der Waals surface area contributed by atoms with E-state index in [4.69, 9.17) is 4.74 Å². The molecule has 2 N–H and O–H groups in total. The number of H-pyrrole nitrogens is 2. The highest BCUT2D eigenvalue weighted by molar-refractivity contribution is 5.75. The van der Waals surface area contributed by atoms with Gasteiger partial charge in [0.15, 0.2) is 11.6 Å². The molecule has 2 saturated heterocycles. The van der Waals surface area contributed by atoms with E-state index in [2.05, 4.69) is 29.7 Å². The molecule has 8 nitrogen and oxygen atoms in total. The van der Waals surface area contributed by atoms with Gasteiger partial charge in [0.1, 0.15) is 17.9 Å². The molecule has 3 aromatic carbocycles. The first-order valence-corrected chi connectivity index (χ1v) is 14.3. The summed E-state index contributed by atoms with van der Waals surface area (Å²) in [5.74, 6) is 0.213. The summed E-state index contributed by atoms with van der Waals surface area (Å²) in [7, 11) is 0. The van der Waals surface area contributed by atoms with Crippen molar-refractivity contribution in [2.75, 3.05) is 31.1 Å². The van der Waals surface area contributed by atoms with Crippen LogP contribution in [0, 0.1) is 11.2 Å². The number of hydrogen-bond donors (Lipinski definition) is 2. The van der Waals surface area contributed by atoms with E-state index in [-0.39, 0.29) is 33.7 Å². The molecule has 7 rings (SSSR count). The number of rotatable bonds is 6. The SMILES string of the molecule is O=c1[nH]c2ccc(CN3CCC4(CCN(c5ncncc5Oc5ccc(F)cc5-c5ccccc5C(F)(F)F)C4)C3)cc2[nH]1. The Labute approximate surface area is 249 Å². The smallest absolute Gasteiger partial charge is 0.417 e. The summed E-state index contributed by atoms with van der Waals surface area (Å²) < 4.78 is 62.0. The van der Waals surface area contributed by atoms with Crippen LogP contribution in [-0.4, -0.2) is 51.0 Å². The van der Waals surface area contributed by atoms with Crippen LogP contribution in [0.1, 0.15) is 24.0 Å². The van der Waals surface area contributed by atoms with Crippen molar-refractivity contribution in [3.05, 3.63) is 101 Å². The molecule has 12 heteroatoms. The van der Waals surface area contributed by atoms with Gasteiger partial charge in [-0.3, -0.25) is 4.90 Å². The van der Waals surface area contributed by atoms with Crippen LogP contribution in [-0.2, 0) is 12.7 Å². The summed E-state index contributed by atoms with van der Waals surface area (Å²) >= 11 is 0. The van der Waals surface area contributed by atoms with Gasteiger partial charge in [-0.25, -0.2) is 19.2 Å². The van der Waals surface area contributed by atoms with Crippen LogP contribution in [0.5, 0.6) is 11.5 Å². The lowest BCUT2D eigenvalue weighted by Gasteiger charge is -2.26. The molecule has 0 amide bonds. The van der Waals surface area contributed by atoms with E-state index in [1.54, 1.807) is 0 Å². The van der Waals surface area contributed by atoms with Crippen molar-refractivity contribution < 1.29 is 22.3 Å². The van der Waals surface area contributed by atoms with Crippen LogP contribution >= 0.6 is 0 Å². The van der Waals surface area contributed by atoms with Crippen molar-refractivity contribution in [2.45, 2.75) is 25.6 Å². The number of aromatic amines is 2. The van der Waals surface area contributed by atoms with Crippen LogP contribution < -0.4 is 15.3 Å². The van der Waals surface area contributed by atoms with E-state index in [1.807, 2.05) is 18.2 Å². The summed E-state index contributed by atoms with van der Waals surface area (Å²) in [6.45, 7) is 4.04. The van der Waals surface area contributed by atoms with E-state index >= 15 is 0 Å². The fraction of sp³-hybridized carbons (Fsp3) is 0.281. The molecule has 2 fully saturated rings. The Morgan fingerprint density at radius 2 is 1.73 bits per heavy atom. The first-order chi connectivity index (χ1) is 21.2. The average molecular weight is 605 g/mol. The molecule has 44 heavy (non-hydrogen) atoms. The van der Waals surface area contributed by atoms with Crippen LogP contribution in [0.25, 0.3) is 22.2 Å². The summed E-state index contributed by atoms with van der Waals surface area (Å²) in [6, 6.07) is 14.5. The predicted octanol–water partition coefficient (Wildman–Crippen LogP) is 6.37. The van der Waals surface area contributed by atoms with Gasteiger partial charge in [-0.15, -0.1) is 0 Å². The predicted molar refractivity (Wildman–Crippen MR) is 157 cm³/mol. The zero-order valence-corrected chi connectivity index (χ0v) is 23.5. The lowest BCUT2D eigenvalue weighted by atomic mass is 9.86. The van der Waals surface area contributed by atoms with Crippen LogP contribution in [0.2, 0.25) is 0 Å². The van der Waals surface area contributed by atoms with E-state index in [9.17, 15) is 22.4 Å². The van der Waals surface area contributed by atoms with Crippen molar-refractivity contribution in [1.82, 2.24) is 24.8 Å². The van der Waals surface area contributed by atoms with Crippen molar-refractivity contribution in [2.24, 2.45) is 5.41 Å². The highest BCUT2D eigenvalue weighted by Gasteiger charge is 2.44. The molecule has 226 valence electrons. The highest BCUT2D eigenvalue weighted by atomic mass is 19.4. The Hall–Kier alpha value is -4.71. The summed E-state index contributed by atoms with van der Waals surface area (Å²) in [4.78, 5) is 30.4. The Balaban J connectivity index is 1.11. The molecule has 5 aromatic rings. The van der Waals surface area contributed by atoms with Gasteiger partial charge in [0, 0.05) is 37.2 Å². The van der Waals surface area contributed by atoms with Gasteiger partial charge in [0.2, 0.25) is 0 Å². The summed E-state index contributed by atoms with van der Waals surface area (Å²) in [5.41, 5.74) is 1.43. The molecular formula is C32H28F4N6O2. The number of fused-ring (bicyclic) bond motifs is 1. The zero-order chi connectivity index (χ0) is 30.5. The van der Waals surface area contributed by atoms with Crippen molar-refractivity contribution >= 4 is 16.9 Å². The number of halogens is 4. The molecule has 0 aliphatic carbocycles. The van der Waals surface area contributed by atoms with E-state index in [1.165, 1.54) is 36.8 Å². The minimum Gasteiger partial charge on any atom is -0.451 e. The molecule has 2 aliphatic heterocycles. The maximum absolute atomic E-state index is 14.3. The number of benzene rings is 3. The van der Waals surface area contributed by atoms with Gasteiger partial charge in [-0.2, -0.15) is 13.2 Å². The number of nitrogens with one attached hydrogen (secondary N) is 2. The molecule has 4 heterocycles. The Morgan fingerprint density at radius 3 is 2.59 bits per heavy atom. The molecule has 2 aliphatic rings. The first-order valence-electron chi connectivity index (χ1n) is 14.3. The molecular weight excluding hydrogens is 576 g/mol. The Bertz CT molecular complexity index is 1900. The lowest BCUT2D eigenvalue weighted by Crippen LogP contribution is -2.31. The van der Waals surface area contributed by atoms with Crippen molar-refractivity contribution in [3.8, 4) is 22.6 Å². The van der Waals surface area contributed by atoms with Gasteiger partial charge in [0.25, 0.3) is 0 Å². The highest BCUT2D eigenvalue weighted by Crippen LogP contribution is 2.45. The zero-order valence-electron chi connectivity index (χ0n) is 23.5. The van der Waals surface area contributed by atoms with Crippen molar-refractivity contribution in [3.63, 3.8) is 0 Å². The number of nitrogens with zero attached hydrogens (tertiary/aromatic N) is 4. The number of likely N-dealkylation sites (tertiary alicyclic amines) is 1. The Morgan fingerprint density at radius 1 is 0.909 bits per heavy atom. The number of alkyl halides is 3. The molecule has 2 aromatic heterocycles.